The van der Waals surface area contributed by atoms with Crippen LogP contribution in [0.2, 0.25) is 5.02 Å². The van der Waals surface area contributed by atoms with Gasteiger partial charge < -0.3 is 5.11 Å². The number of aryl methyl sites for hydroxylation is 1. The van der Waals surface area contributed by atoms with Crippen LogP contribution in [-0.2, 0) is 0 Å². The first kappa shape index (κ1) is 14.1. The normalized spacial score (nSPS) is 42.3. The predicted octanol–water partition coefficient (Wildman–Crippen LogP) is 5.29. The van der Waals surface area contributed by atoms with Crippen molar-refractivity contribution in [2.45, 2.75) is 58.5 Å². The highest BCUT2D eigenvalue weighted by molar-refractivity contribution is 6.31. The highest BCUT2D eigenvalue weighted by Gasteiger charge is 2.58. The second-order valence-electron chi connectivity index (χ2n) is 8.55. The molecule has 1 aromatic carbocycles. The van der Waals surface area contributed by atoms with Crippen LogP contribution in [0.15, 0.2) is 18.2 Å². The molecule has 4 aliphatic carbocycles. The zero-order valence-corrected chi connectivity index (χ0v) is 13.8. The summed E-state index contributed by atoms with van der Waals surface area (Å²) in [6, 6.07) is 6.11. The van der Waals surface area contributed by atoms with E-state index in [1.54, 1.807) is 0 Å². The largest absolute Gasteiger partial charge is 0.388 e. The van der Waals surface area contributed by atoms with E-state index >= 15 is 0 Å². The lowest BCUT2D eigenvalue weighted by molar-refractivity contribution is -0.155. The minimum absolute atomic E-state index is 0.109. The van der Waals surface area contributed by atoms with Crippen LogP contribution in [0, 0.1) is 29.6 Å². The summed E-state index contributed by atoms with van der Waals surface area (Å²) in [5.74, 6) is 1.68. The fourth-order valence-corrected chi connectivity index (χ4v) is 6.44. The van der Waals surface area contributed by atoms with E-state index in [1.807, 2.05) is 19.1 Å². The van der Waals surface area contributed by atoms with E-state index in [1.165, 1.54) is 38.5 Å². The van der Waals surface area contributed by atoms with Crippen molar-refractivity contribution in [2.24, 2.45) is 22.7 Å². The number of aliphatic hydroxyl groups excluding tert-OH is 1. The molecule has 3 unspecified atom stereocenters. The standard InChI is InChI=1S/C19H25ClO/c1-12-3-4-15(6-16(12)20)17(21)19-9-13-5-14(10-19)8-18(2,7-13)11-19/h3-4,6,13-14,17,21H,5,7-11H2,1-2H3. The molecule has 114 valence electrons. The number of halogens is 1. The topological polar surface area (TPSA) is 20.2 Å². The van der Waals surface area contributed by atoms with Gasteiger partial charge >= 0.3 is 0 Å². The zero-order chi connectivity index (χ0) is 14.8. The quantitative estimate of drug-likeness (QED) is 0.787. The third-order valence-electron chi connectivity index (χ3n) is 6.49. The van der Waals surface area contributed by atoms with Gasteiger partial charge in [-0.25, -0.2) is 0 Å². The molecule has 1 aromatic rings. The van der Waals surface area contributed by atoms with Crippen molar-refractivity contribution in [3.8, 4) is 0 Å². The Labute approximate surface area is 132 Å². The number of hydrogen-bond donors (Lipinski definition) is 1. The fraction of sp³-hybridized carbons (Fsp3) is 0.684. The van der Waals surface area contributed by atoms with Crippen LogP contribution in [0.25, 0.3) is 0 Å². The van der Waals surface area contributed by atoms with Crippen molar-refractivity contribution in [1.29, 1.82) is 0 Å². The molecular formula is C19H25ClO. The highest BCUT2D eigenvalue weighted by atomic mass is 35.5. The lowest BCUT2D eigenvalue weighted by Gasteiger charge is -2.62. The van der Waals surface area contributed by atoms with Crippen LogP contribution >= 0.6 is 11.6 Å². The average molecular weight is 305 g/mol. The van der Waals surface area contributed by atoms with Crippen molar-refractivity contribution in [1.82, 2.24) is 0 Å². The monoisotopic (exact) mass is 304 g/mol. The lowest BCUT2D eigenvalue weighted by Crippen LogP contribution is -2.53. The molecule has 0 heterocycles. The van der Waals surface area contributed by atoms with Gasteiger partial charge in [-0.2, -0.15) is 0 Å². The Kier molecular flexibility index (Phi) is 3.01. The summed E-state index contributed by atoms with van der Waals surface area (Å²) in [7, 11) is 0. The van der Waals surface area contributed by atoms with Gasteiger partial charge in [-0.15, -0.1) is 0 Å². The number of hydrogen-bond acceptors (Lipinski definition) is 1. The van der Waals surface area contributed by atoms with Gasteiger partial charge in [0.05, 0.1) is 6.10 Å². The molecule has 0 aliphatic heterocycles. The van der Waals surface area contributed by atoms with Gasteiger partial charge in [-0.1, -0.05) is 30.7 Å². The predicted molar refractivity (Wildman–Crippen MR) is 86.4 cm³/mol. The molecule has 4 bridgehead atoms. The Hall–Kier alpha value is -0.530. The third kappa shape index (κ3) is 2.16. The minimum atomic E-state index is -0.346. The summed E-state index contributed by atoms with van der Waals surface area (Å²) in [6.45, 7) is 4.47. The van der Waals surface area contributed by atoms with E-state index in [-0.39, 0.29) is 11.5 Å². The molecule has 0 radical (unpaired) electrons. The van der Waals surface area contributed by atoms with E-state index in [0.717, 1.165) is 28.0 Å². The Morgan fingerprint density at radius 2 is 1.86 bits per heavy atom. The number of benzene rings is 1. The molecule has 0 spiro atoms. The number of rotatable bonds is 2. The van der Waals surface area contributed by atoms with Crippen LogP contribution in [0.1, 0.15) is 62.7 Å². The molecule has 0 amide bonds. The average Bonchev–Trinajstić information content (AvgIpc) is 2.38. The van der Waals surface area contributed by atoms with E-state index in [4.69, 9.17) is 11.6 Å². The Morgan fingerprint density at radius 1 is 1.19 bits per heavy atom. The smallest absolute Gasteiger partial charge is 0.0847 e. The van der Waals surface area contributed by atoms with E-state index in [9.17, 15) is 5.11 Å². The maximum atomic E-state index is 11.2. The van der Waals surface area contributed by atoms with Gasteiger partial charge in [-0.05, 0) is 79.9 Å². The van der Waals surface area contributed by atoms with Gasteiger partial charge in [0, 0.05) is 10.4 Å². The van der Waals surface area contributed by atoms with E-state index < -0.39 is 0 Å². The van der Waals surface area contributed by atoms with Gasteiger partial charge in [0.2, 0.25) is 0 Å². The van der Waals surface area contributed by atoms with E-state index in [0.29, 0.717) is 5.41 Å². The molecular weight excluding hydrogens is 280 g/mol. The molecule has 5 rings (SSSR count). The Balaban J connectivity index is 1.70. The van der Waals surface area contributed by atoms with Gasteiger partial charge in [0.15, 0.2) is 0 Å². The van der Waals surface area contributed by atoms with E-state index in [2.05, 4.69) is 13.0 Å². The summed E-state index contributed by atoms with van der Waals surface area (Å²) in [6.07, 6.45) is 7.44. The molecule has 0 aromatic heterocycles. The first-order chi connectivity index (χ1) is 9.89. The lowest BCUT2D eigenvalue weighted by atomic mass is 9.43. The second-order valence-corrected chi connectivity index (χ2v) is 8.95. The molecule has 4 saturated carbocycles. The maximum absolute atomic E-state index is 11.2. The molecule has 0 saturated heterocycles. The SMILES string of the molecule is Cc1ccc(C(O)C23CC4CC(CC(C)(C4)C2)C3)cc1Cl. The summed E-state index contributed by atoms with van der Waals surface area (Å²) < 4.78 is 0. The number of aliphatic hydroxyl groups is 1. The van der Waals surface area contributed by atoms with Crippen LogP contribution in [-0.4, -0.2) is 5.11 Å². The van der Waals surface area contributed by atoms with Crippen molar-refractivity contribution in [3.05, 3.63) is 34.3 Å². The molecule has 1 nitrogen and oxygen atoms in total. The molecule has 21 heavy (non-hydrogen) atoms. The second kappa shape index (κ2) is 4.49. The van der Waals surface area contributed by atoms with Crippen molar-refractivity contribution < 1.29 is 5.11 Å². The zero-order valence-electron chi connectivity index (χ0n) is 13.0. The molecule has 4 fully saturated rings. The van der Waals surface area contributed by atoms with Crippen LogP contribution in [0.5, 0.6) is 0 Å². The van der Waals surface area contributed by atoms with Gasteiger partial charge in [-0.3, -0.25) is 0 Å². The molecule has 3 atom stereocenters. The minimum Gasteiger partial charge on any atom is -0.388 e. The van der Waals surface area contributed by atoms with Crippen LogP contribution in [0.3, 0.4) is 0 Å². The summed E-state index contributed by atoms with van der Waals surface area (Å²) in [5.41, 5.74) is 2.69. The van der Waals surface area contributed by atoms with Gasteiger partial charge in [0.1, 0.15) is 0 Å². The first-order valence-electron chi connectivity index (χ1n) is 8.33. The Bertz CT molecular complexity index is 565. The summed E-state index contributed by atoms with van der Waals surface area (Å²) in [5, 5.41) is 11.9. The van der Waals surface area contributed by atoms with Crippen molar-refractivity contribution in [2.75, 3.05) is 0 Å². The molecule has 4 aliphatic rings. The highest BCUT2D eigenvalue weighted by Crippen LogP contribution is 2.68. The summed E-state index contributed by atoms with van der Waals surface area (Å²) >= 11 is 6.28. The Morgan fingerprint density at radius 3 is 2.43 bits per heavy atom. The summed E-state index contributed by atoms with van der Waals surface area (Å²) in [4.78, 5) is 0. The van der Waals surface area contributed by atoms with Gasteiger partial charge in [0.25, 0.3) is 0 Å². The first-order valence-corrected chi connectivity index (χ1v) is 8.71. The maximum Gasteiger partial charge on any atom is 0.0847 e. The van der Waals surface area contributed by atoms with Crippen molar-refractivity contribution >= 4 is 11.6 Å². The van der Waals surface area contributed by atoms with Crippen molar-refractivity contribution in [3.63, 3.8) is 0 Å². The third-order valence-corrected chi connectivity index (χ3v) is 6.90. The van der Waals surface area contributed by atoms with Crippen LogP contribution in [0.4, 0.5) is 0 Å². The molecule has 2 heteroatoms. The fourth-order valence-electron chi connectivity index (χ4n) is 6.25. The van der Waals surface area contributed by atoms with Crippen LogP contribution < -0.4 is 0 Å². The molecule has 1 N–H and O–H groups in total.